The second-order valence-electron chi connectivity index (χ2n) is 9.65. The van der Waals surface area contributed by atoms with Gasteiger partial charge in [-0.05, 0) is 83.3 Å². The second kappa shape index (κ2) is 10.4. The smallest absolute Gasteiger partial charge is 0.338 e. The van der Waals surface area contributed by atoms with Gasteiger partial charge in [0, 0.05) is 5.56 Å². The molecule has 0 saturated carbocycles. The van der Waals surface area contributed by atoms with Crippen LogP contribution >= 0.6 is 0 Å². The molecule has 0 aliphatic carbocycles. The van der Waals surface area contributed by atoms with Crippen LogP contribution in [0.25, 0.3) is 16.3 Å². The molecule has 4 aromatic rings. The topological polar surface area (TPSA) is 35.5 Å². The van der Waals surface area contributed by atoms with Gasteiger partial charge >= 0.3 is 5.97 Å². The molecule has 0 bridgehead atoms. The fourth-order valence-electron chi connectivity index (χ4n) is 5.24. The maximum Gasteiger partial charge on any atom is 0.338 e. The lowest BCUT2D eigenvalue weighted by molar-refractivity contribution is 0.0600. The van der Waals surface area contributed by atoms with Gasteiger partial charge in [-0.25, -0.2) is 4.79 Å². The van der Waals surface area contributed by atoms with Crippen LogP contribution in [0.4, 0.5) is 0 Å². The Morgan fingerprint density at radius 3 is 2.61 bits per heavy atom. The lowest BCUT2D eigenvalue weighted by Gasteiger charge is -2.26. The van der Waals surface area contributed by atoms with Crippen LogP contribution in [-0.4, -0.2) is 19.2 Å². The van der Waals surface area contributed by atoms with E-state index in [1.165, 1.54) is 23.4 Å². The Hall–Kier alpha value is -3.85. The summed E-state index contributed by atoms with van der Waals surface area (Å²) < 4.78 is 11.4. The predicted molar refractivity (Wildman–Crippen MR) is 147 cm³/mol. The minimum Gasteiger partial charge on any atom is -0.486 e. The van der Waals surface area contributed by atoms with Crippen LogP contribution in [0.5, 0.6) is 5.75 Å². The molecular weight excluding hydrogens is 444 g/mol. The second-order valence-corrected chi connectivity index (χ2v) is 9.65. The molecule has 5 rings (SSSR count). The molecule has 0 saturated heterocycles. The zero-order chi connectivity index (χ0) is 25.1. The van der Waals surface area contributed by atoms with E-state index < -0.39 is 0 Å². The number of rotatable bonds is 7. The normalized spacial score (nSPS) is 15.5. The Morgan fingerprint density at radius 2 is 1.75 bits per heavy atom. The number of fused-ring (bicyclic) bond motifs is 2. The average Bonchev–Trinajstić information content (AvgIpc) is 2.92. The number of methoxy groups -OCH3 is 1. The molecule has 36 heavy (non-hydrogen) atoms. The van der Waals surface area contributed by atoms with E-state index in [0.29, 0.717) is 11.5 Å². The van der Waals surface area contributed by atoms with E-state index in [-0.39, 0.29) is 12.1 Å². The summed E-state index contributed by atoms with van der Waals surface area (Å²) in [6, 6.07) is 29.4. The zero-order valence-electron chi connectivity index (χ0n) is 21.2. The van der Waals surface area contributed by atoms with Crippen LogP contribution in [0, 0.1) is 6.92 Å². The van der Waals surface area contributed by atoms with Crippen molar-refractivity contribution in [2.45, 2.75) is 45.1 Å². The van der Waals surface area contributed by atoms with Crippen molar-refractivity contribution in [1.29, 1.82) is 0 Å². The highest BCUT2D eigenvalue weighted by molar-refractivity contribution is 5.94. The fraction of sp³-hybridized carbons (Fsp3) is 0.242. The first-order valence-corrected chi connectivity index (χ1v) is 12.7. The summed E-state index contributed by atoms with van der Waals surface area (Å²) >= 11 is 0. The molecule has 3 nitrogen and oxygen atoms in total. The highest BCUT2D eigenvalue weighted by Crippen LogP contribution is 2.38. The molecule has 0 unspecified atom stereocenters. The SMILES string of the molecule is COC(=O)c1cc(C2=C[C@H](CCC[C@H](C)c3cccc4ccccc34)Oc3ccccc32)ccc1C. The third kappa shape index (κ3) is 4.79. The van der Waals surface area contributed by atoms with E-state index in [0.717, 1.165) is 47.3 Å². The Morgan fingerprint density at radius 1 is 0.972 bits per heavy atom. The molecule has 4 aromatic carbocycles. The Balaban J connectivity index is 1.36. The molecule has 0 amide bonds. The van der Waals surface area contributed by atoms with Crippen LogP contribution in [0.3, 0.4) is 0 Å². The molecular formula is C33H32O3. The van der Waals surface area contributed by atoms with E-state index in [2.05, 4.69) is 67.6 Å². The average molecular weight is 477 g/mol. The maximum atomic E-state index is 12.3. The van der Waals surface area contributed by atoms with E-state index in [4.69, 9.17) is 9.47 Å². The number of ether oxygens (including phenoxy) is 2. The minimum absolute atomic E-state index is 0.0162. The van der Waals surface area contributed by atoms with Crippen molar-refractivity contribution in [2.75, 3.05) is 7.11 Å². The molecule has 1 aliphatic rings. The molecule has 3 heteroatoms. The minimum atomic E-state index is -0.311. The maximum absolute atomic E-state index is 12.3. The van der Waals surface area contributed by atoms with Crippen molar-refractivity contribution < 1.29 is 14.3 Å². The van der Waals surface area contributed by atoms with Crippen molar-refractivity contribution in [1.82, 2.24) is 0 Å². The Bertz CT molecular complexity index is 1430. The highest BCUT2D eigenvalue weighted by Gasteiger charge is 2.23. The standard InChI is InChI=1S/C33H32O3/c1-22(27-16-9-12-24-11-4-5-14-28(24)27)10-8-13-26-21-31(29-15-6-7-17-32(29)36-26)25-19-18-23(2)30(20-25)33(34)35-3/h4-7,9,11-12,14-22,26H,8,10,13H2,1-3H3/t22-,26-/m0/s1. The van der Waals surface area contributed by atoms with Crippen molar-refractivity contribution in [2.24, 2.45) is 0 Å². The van der Waals surface area contributed by atoms with E-state index in [1.54, 1.807) is 0 Å². The lowest BCUT2D eigenvalue weighted by Crippen LogP contribution is -2.19. The predicted octanol–water partition coefficient (Wildman–Crippen LogP) is 8.10. The summed E-state index contributed by atoms with van der Waals surface area (Å²) in [6.07, 6.45) is 5.29. The van der Waals surface area contributed by atoms with Gasteiger partial charge in [0.2, 0.25) is 0 Å². The van der Waals surface area contributed by atoms with Gasteiger partial charge in [-0.15, -0.1) is 0 Å². The first-order valence-electron chi connectivity index (χ1n) is 12.7. The van der Waals surface area contributed by atoms with Crippen LogP contribution in [0.2, 0.25) is 0 Å². The number of benzene rings is 4. The fourth-order valence-corrected chi connectivity index (χ4v) is 5.24. The van der Waals surface area contributed by atoms with Crippen LogP contribution in [0.1, 0.15) is 64.7 Å². The van der Waals surface area contributed by atoms with Crippen LogP contribution in [0.15, 0.2) is 91.0 Å². The van der Waals surface area contributed by atoms with Gasteiger partial charge in [-0.2, -0.15) is 0 Å². The molecule has 0 spiro atoms. The highest BCUT2D eigenvalue weighted by atomic mass is 16.5. The third-order valence-electron chi connectivity index (χ3n) is 7.24. The van der Waals surface area contributed by atoms with Gasteiger partial charge in [-0.1, -0.05) is 79.7 Å². The van der Waals surface area contributed by atoms with Crippen molar-refractivity contribution >= 4 is 22.3 Å². The van der Waals surface area contributed by atoms with E-state index in [9.17, 15) is 4.79 Å². The quantitative estimate of drug-likeness (QED) is 0.253. The number of carbonyl (C=O) groups excluding carboxylic acids is 1. The lowest BCUT2D eigenvalue weighted by atomic mass is 9.89. The van der Waals surface area contributed by atoms with Gasteiger partial charge in [-0.3, -0.25) is 0 Å². The first kappa shape index (κ1) is 23.9. The summed E-state index contributed by atoms with van der Waals surface area (Å²) in [4.78, 5) is 12.3. The van der Waals surface area contributed by atoms with Crippen LogP contribution in [-0.2, 0) is 4.74 Å². The molecule has 182 valence electrons. The Kier molecular flexibility index (Phi) is 6.90. The number of carbonyl (C=O) groups is 1. The molecule has 2 atom stereocenters. The third-order valence-corrected chi connectivity index (χ3v) is 7.24. The number of aryl methyl sites for hydroxylation is 1. The van der Waals surface area contributed by atoms with Gasteiger partial charge in [0.25, 0.3) is 0 Å². The summed E-state index contributed by atoms with van der Waals surface area (Å²) in [5.74, 6) is 1.05. The molecule has 0 N–H and O–H groups in total. The number of para-hydroxylation sites is 1. The van der Waals surface area contributed by atoms with Crippen molar-refractivity contribution in [3.05, 3.63) is 119 Å². The molecule has 1 aliphatic heterocycles. The molecule has 0 aromatic heterocycles. The van der Waals surface area contributed by atoms with Gasteiger partial charge < -0.3 is 9.47 Å². The number of hydrogen-bond donors (Lipinski definition) is 0. The number of esters is 1. The summed E-state index contributed by atoms with van der Waals surface area (Å²) in [7, 11) is 1.42. The van der Waals surface area contributed by atoms with Crippen molar-refractivity contribution in [3.8, 4) is 5.75 Å². The van der Waals surface area contributed by atoms with Gasteiger partial charge in [0.05, 0.1) is 12.7 Å². The van der Waals surface area contributed by atoms with Gasteiger partial charge in [0.15, 0.2) is 0 Å². The van der Waals surface area contributed by atoms with Gasteiger partial charge in [0.1, 0.15) is 11.9 Å². The summed E-state index contributed by atoms with van der Waals surface area (Å²) in [5.41, 5.74) is 6.08. The zero-order valence-corrected chi connectivity index (χ0v) is 21.2. The van der Waals surface area contributed by atoms with E-state index >= 15 is 0 Å². The molecule has 0 radical (unpaired) electrons. The summed E-state index contributed by atoms with van der Waals surface area (Å²) in [5, 5.41) is 2.64. The Labute approximate surface area is 213 Å². The van der Waals surface area contributed by atoms with E-state index in [1.807, 2.05) is 37.3 Å². The first-order chi connectivity index (χ1) is 17.5. The van der Waals surface area contributed by atoms with Crippen molar-refractivity contribution in [3.63, 3.8) is 0 Å². The monoisotopic (exact) mass is 476 g/mol. The molecule has 0 fully saturated rings. The van der Waals surface area contributed by atoms with Crippen LogP contribution < -0.4 is 4.74 Å². The summed E-state index contributed by atoms with van der Waals surface area (Å²) in [6.45, 7) is 4.25. The largest absolute Gasteiger partial charge is 0.486 e. The number of hydrogen-bond acceptors (Lipinski definition) is 3. The molecule has 1 heterocycles.